The predicted molar refractivity (Wildman–Crippen MR) is 84.3 cm³/mol. The highest BCUT2D eigenvalue weighted by Crippen LogP contribution is 2.31. The van der Waals surface area contributed by atoms with Crippen molar-refractivity contribution in [1.82, 2.24) is 10.2 Å². The highest BCUT2D eigenvalue weighted by molar-refractivity contribution is 9.10. The number of likely N-dealkylation sites (N-methyl/N-ethyl adjacent to an activating group) is 1. The number of hydrogen-bond acceptors (Lipinski definition) is 4. The van der Waals surface area contributed by atoms with Gasteiger partial charge in [0.25, 0.3) is 0 Å². The van der Waals surface area contributed by atoms with E-state index in [1.807, 2.05) is 20.9 Å². The topological polar surface area (TPSA) is 58.4 Å². The van der Waals surface area contributed by atoms with Crippen LogP contribution < -0.4 is 11.1 Å². The predicted octanol–water partition coefficient (Wildman–Crippen LogP) is 2.21. The van der Waals surface area contributed by atoms with Crippen LogP contribution in [-0.4, -0.2) is 37.5 Å². The first-order chi connectivity index (χ1) is 8.86. The molecular formula is C13H22BrN3OS. The number of rotatable bonds is 6. The first-order valence-corrected chi connectivity index (χ1v) is 7.95. The third-order valence-corrected chi connectivity index (χ3v) is 4.87. The molecule has 3 atom stereocenters. The average Bonchev–Trinajstić information content (AvgIpc) is 2.73. The van der Waals surface area contributed by atoms with Gasteiger partial charge in [0.15, 0.2) is 0 Å². The van der Waals surface area contributed by atoms with E-state index in [0.717, 1.165) is 4.47 Å². The Hall–Kier alpha value is -0.430. The second-order valence-corrected chi connectivity index (χ2v) is 6.78. The maximum absolute atomic E-state index is 11.6. The summed E-state index contributed by atoms with van der Waals surface area (Å²) in [6, 6.07) is 2.23. The minimum Gasteiger partial charge on any atom is -0.359 e. The van der Waals surface area contributed by atoms with Gasteiger partial charge >= 0.3 is 0 Å². The van der Waals surface area contributed by atoms with Crippen molar-refractivity contribution in [3.05, 3.63) is 20.8 Å². The zero-order valence-corrected chi connectivity index (χ0v) is 14.2. The van der Waals surface area contributed by atoms with Crippen LogP contribution in [0.5, 0.6) is 0 Å². The number of carbonyl (C=O) groups is 1. The number of nitrogens with two attached hydrogens (primary N) is 1. The number of hydrogen-bond donors (Lipinski definition) is 2. The van der Waals surface area contributed by atoms with Crippen LogP contribution in [0.25, 0.3) is 0 Å². The first-order valence-electron chi connectivity index (χ1n) is 6.28. The molecule has 0 radical (unpaired) electrons. The van der Waals surface area contributed by atoms with Gasteiger partial charge in [-0.1, -0.05) is 6.92 Å². The van der Waals surface area contributed by atoms with Crippen molar-refractivity contribution in [2.75, 3.05) is 20.6 Å². The molecule has 0 saturated heterocycles. The van der Waals surface area contributed by atoms with Crippen molar-refractivity contribution in [2.45, 2.75) is 25.9 Å². The Balaban J connectivity index is 2.80. The molecule has 0 saturated carbocycles. The van der Waals surface area contributed by atoms with Gasteiger partial charge in [-0.05, 0) is 36.0 Å². The maximum atomic E-state index is 11.6. The monoisotopic (exact) mass is 347 g/mol. The van der Waals surface area contributed by atoms with E-state index in [0.29, 0.717) is 6.54 Å². The molecule has 1 aromatic heterocycles. The SMILES string of the molecule is CNC(=O)C(C)CN(C)C(c1cc(Br)cs1)C(C)N. The van der Waals surface area contributed by atoms with Crippen molar-refractivity contribution in [3.63, 3.8) is 0 Å². The summed E-state index contributed by atoms with van der Waals surface area (Å²) in [5.74, 6) is 0.00212. The van der Waals surface area contributed by atoms with Crippen molar-refractivity contribution in [1.29, 1.82) is 0 Å². The molecule has 3 unspecified atom stereocenters. The van der Waals surface area contributed by atoms with Crippen LogP contribution in [0.1, 0.15) is 24.8 Å². The standard InChI is InChI=1S/C13H22BrN3OS/c1-8(13(18)16-3)6-17(4)12(9(2)15)11-5-10(14)7-19-11/h5,7-9,12H,6,15H2,1-4H3,(H,16,18). The molecule has 0 fully saturated rings. The fourth-order valence-corrected chi connectivity index (χ4v) is 3.96. The lowest BCUT2D eigenvalue weighted by Crippen LogP contribution is -2.41. The Morgan fingerprint density at radius 1 is 1.58 bits per heavy atom. The van der Waals surface area contributed by atoms with Crippen LogP contribution >= 0.6 is 27.3 Å². The number of halogens is 1. The molecule has 1 amide bonds. The fourth-order valence-electron chi connectivity index (χ4n) is 2.24. The van der Waals surface area contributed by atoms with Crippen LogP contribution in [0.3, 0.4) is 0 Å². The van der Waals surface area contributed by atoms with Crippen molar-refractivity contribution in [3.8, 4) is 0 Å². The minimum atomic E-state index is -0.0559. The average molecular weight is 348 g/mol. The molecule has 0 aliphatic heterocycles. The Morgan fingerprint density at radius 3 is 2.63 bits per heavy atom. The third-order valence-electron chi connectivity index (χ3n) is 3.11. The zero-order chi connectivity index (χ0) is 14.6. The van der Waals surface area contributed by atoms with Gasteiger partial charge in [-0.2, -0.15) is 0 Å². The molecule has 0 aliphatic rings. The number of nitrogens with one attached hydrogen (secondary N) is 1. The van der Waals surface area contributed by atoms with Crippen LogP contribution in [0.2, 0.25) is 0 Å². The van der Waals surface area contributed by atoms with E-state index < -0.39 is 0 Å². The zero-order valence-electron chi connectivity index (χ0n) is 11.8. The van der Waals surface area contributed by atoms with E-state index in [-0.39, 0.29) is 23.9 Å². The normalized spacial score (nSPS) is 16.2. The molecule has 1 aromatic rings. The molecule has 0 aromatic carbocycles. The summed E-state index contributed by atoms with van der Waals surface area (Å²) in [6.45, 7) is 4.61. The minimum absolute atomic E-state index is 0.00689. The van der Waals surface area contributed by atoms with Crippen molar-refractivity contribution in [2.24, 2.45) is 11.7 Å². The van der Waals surface area contributed by atoms with Crippen LogP contribution in [0, 0.1) is 5.92 Å². The Labute approximate surface area is 127 Å². The summed E-state index contributed by atoms with van der Waals surface area (Å²) in [7, 11) is 3.68. The highest BCUT2D eigenvalue weighted by Gasteiger charge is 2.25. The van der Waals surface area contributed by atoms with Gasteiger partial charge < -0.3 is 11.1 Å². The van der Waals surface area contributed by atoms with Gasteiger partial charge in [0.2, 0.25) is 5.91 Å². The van der Waals surface area contributed by atoms with E-state index in [2.05, 4.69) is 37.6 Å². The maximum Gasteiger partial charge on any atom is 0.223 e. The molecule has 0 bridgehead atoms. The van der Waals surface area contributed by atoms with Gasteiger partial charge in [-0.25, -0.2) is 0 Å². The van der Waals surface area contributed by atoms with E-state index >= 15 is 0 Å². The third kappa shape index (κ3) is 4.56. The van der Waals surface area contributed by atoms with Gasteiger partial charge in [0.1, 0.15) is 0 Å². The van der Waals surface area contributed by atoms with Gasteiger partial charge in [0, 0.05) is 40.3 Å². The molecule has 108 valence electrons. The number of thiophene rings is 1. The molecule has 4 nitrogen and oxygen atoms in total. The number of nitrogens with zero attached hydrogens (tertiary/aromatic N) is 1. The molecule has 19 heavy (non-hydrogen) atoms. The number of amides is 1. The summed E-state index contributed by atoms with van der Waals surface area (Å²) in [5, 5.41) is 4.74. The van der Waals surface area contributed by atoms with Crippen molar-refractivity contribution < 1.29 is 4.79 Å². The van der Waals surface area contributed by atoms with Crippen LogP contribution in [0.4, 0.5) is 0 Å². The van der Waals surface area contributed by atoms with E-state index in [1.54, 1.807) is 18.4 Å². The van der Waals surface area contributed by atoms with E-state index in [1.165, 1.54) is 4.88 Å². The molecule has 1 heterocycles. The summed E-state index contributed by atoms with van der Waals surface area (Å²) in [4.78, 5) is 15.0. The molecule has 6 heteroatoms. The quantitative estimate of drug-likeness (QED) is 0.829. The summed E-state index contributed by atoms with van der Waals surface area (Å²) in [5.41, 5.74) is 6.11. The molecule has 0 spiro atoms. The Kier molecular flexibility index (Phi) is 6.46. The molecule has 1 rings (SSSR count). The van der Waals surface area contributed by atoms with Gasteiger partial charge in [0.05, 0.1) is 6.04 Å². The summed E-state index contributed by atoms with van der Waals surface area (Å²) < 4.78 is 1.07. The lowest BCUT2D eigenvalue weighted by molar-refractivity contribution is -0.124. The number of carbonyl (C=O) groups excluding carboxylic acids is 1. The summed E-state index contributed by atoms with van der Waals surface area (Å²) >= 11 is 5.16. The van der Waals surface area contributed by atoms with Gasteiger partial charge in [-0.15, -0.1) is 11.3 Å². The Morgan fingerprint density at radius 2 is 2.21 bits per heavy atom. The largest absolute Gasteiger partial charge is 0.359 e. The van der Waals surface area contributed by atoms with Crippen LogP contribution in [-0.2, 0) is 4.79 Å². The van der Waals surface area contributed by atoms with Gasteiger partial charge in [-0.3, -0.25) is 9.69 Å². The highest BCUT2D eigenvalue weighted by atomic mass is 79.9. The first kappa shape index (κ1) is 16.6. The Bertz CT molecular complexity index is 422. The molecule has 0 aliphatic carbocycles. The second-order valence-electron chi connectivity index (χ2n) is 4.93. The lowest BCUT2D eigenvalue weighted by atomic mass is 10.0. The van der Waals surface area contributed by atoms with E-state index in [4.69, 9.17) is 5.73 Å². The van der Waals surface area contributed by atoms with Crippen LogP contribution in [0.15, 0.2) is 15.9 Å². The van der Waals surface area contributed by atoms with E-state index in [9.17, 15) is 4.79 Å². The molecular weight excluding hydrogens is 326 g/mol. The lowest BCUT2D eigenvalue weighted by Gasteiger charge is -2.31. The van der Waals surface area contributed by atoms with Crippen molar-refractivity contribution >= 4 is 33.2 Å². The summed E-state index contributed by atoms with van der Waals surface area (Å²) in [6.07, 6.45) is 0. The second kappa shape index (κ2) is 7.38. The molecule has 3 N–H and O–H groups in total. The smallest absolute Gasteiger partial charge is 0.223 e. The fraction of sp³-hybridized carbons (Fsp3) is 0.615.